The standard InChI is InChI=1S/C13H13N5O4S/c19-12-16(10-6-2-1-3-7-10)13(20)18-17(12)11(14-23(18,21)22)15-8-4-5-9-15/h1-3,6-7H,4-5,8-9H2. The molecule has 0 N–H and O–H groups in total. The first-order chi connectivity index (χ1) is 11.0. The molecule has 0 spiro atoms. The lowest BCUT2D eigenvalue weighted by atomic mass is 10.3. The van der Waals surface area contributed by atoms with Crippen molar-refractivity contribution in [1.82, 2.24) is 18.2 Å². The molecule has 2 aromatic rings. The third kappa shape index (κ3) is 1.91. The fourth-order valence-corrected chi connectivity index (χ4v) is 3.99. The average Bonchev–Trinajstić information content (AvgIpc) is 3.19. The van der Waals surface area contributed by atoms with Crippen LogP contribution in [0.1, 0.15) is 12.8 Å². The molecule has 10 heteroatoms. The monoisotopic (exact) mass is 335 g/mol. The minimum Gasteiger partial charge on any atom is -0.340 e. The van der Waals surface area contributed by atoms with Crippen LogP contribution in [0.5, 0.6) is 0 Å². The van der Waals surface area contributed by atoms with Gasteiger partial charge in [-0.25, -0.2) is 14.2 Å². The van der Waals surface area contributed by atoms with Gasteiger partial charge in [-0.3, -0.25) is 0 Å². The lowest BCUT2D eigenvalue weighted by molar-refractivity contribution is 0.491. The number of fused-ring (bicyclic) bond motifs is 1. The van der Waals surface area contributed by atoms with E-state index in [2.05, 4.69) is 4.40 Å². The van der Waals surface area contributed by atoms with Gasteiger partial charge >= 0.3 is 21.6 Å². The van der Waals surface area contributed by atoms with Crippen molar-refractivity contribution in [2.75, 3.05) is 13.1 Å². The van der Waals surface area contributed by atoms with E-state index in [1.807, 2.05) is 0 Å². The first-order valence-electron chi connectivity index (χ1n) is 7.14. The highest BCUT2D eigenvalue weighted by Gasteiger charge is 2.38. The molecule has 0 aliphatic carbocycles. The molecular weight excluding hydrogens is 322 g/mol. The Morgan fingerprint density at radius 3 is 2.26 bits per heavy atom. The molecule has 1 saturated heterocycles. The second-order valence-corrected chi connectivity index (χ2v) is 6.78. The first-order valence-corrected chi connectivity index (χ1v) is 8.54. The van der Waals surface area contributed by atoms with Gasteiger partial charge in [-0.1, -0.05) is 22.3 Å². The summed E-state index contributed by atoms with van der Waals surface area (Å²) < 4.78 is 30.1. The Balaban J connectivity index is 2.01. The van der Waals surface area contributed by atoms with Crippen LogP contribution in [0.25, 0.3) is 5.69 Å². The Hall–Kier alpha value is -2.62. The maximum atomic E-state index is 12.7. The summed E-state index contributed by atoms with van der Waals surface area (Å²) >= 11 is 0. The molecule has 0 saturated carbocycles. The maximum absolute atomic E-state index is 12.7. The zero-order valence-corrected chi connectivity index (χ0v) is 12.8. The number of para-hydroxylation sites is 1. The van der Waals surface area contributed by atoms with Crippen molar-refractivity contribution in [3.63, 3.8) is 0 Å². The summed E-state index contributed by atoms with van der Waals surface area (Å²) in [5.41, 5.74) is -1.38. The highest BCUT2D eigenvalue weighted by molar-refractivity contribution is 7.88. The van der Waals surface area contributed by atoms with E-state index >= 15 is 0 Å². The van der Waals surface area contributed by atoms with Crippen LogP contribution in [-0.4, -0.2) is 45.7 Å². The zero-order chi connectivity index (χ0) is 16.2. The fourth-order valence-electron chi connectivity index (χ4n) is 2.88. The number of rotatable bonds is 1. The number of hydrogen-bond acceptors (Lipinski definition) is 5. The maximum Gasteiger partial charge on any atom is 0.370 e. The number of nitrogens with zero attached hydrogens (tertiary/aromatic N) is 5. The quantitative estimate of drug-likeness (QED) is 0.680. The molecule has 0 bridgehead atoms. The van der Waals surface area contributed by atoms with Crippen LogP contribution < -0.4 is 11.4 Å². The molecule has 2 aliphatic heterocycles. The van der Waals surface area contributed by atoms with Crippen molar-refractivity contribution >= 4 is 16.2 Å². The van der Waals surface area contributed by atoms with Gasteiger partial charge in [0, 0.05) is 13.1 Å². The van der Waals surface area contributed by atoms with Gasteiger partial charge in [0.1, 0.15) is 0 Å². The highest BCUT2D eigenvalue weighted by atomic mass is 32.2. The largest absolute Gasteiger partial charge is 0.370 e. The molecule has 23 heavy (non-hydrogen) atoms. The molecule has 0 radical (unpaired) electrons. The molecule has 1 fully saturated rings. The van der Waals surface area contributed by atoms with Crippen LogP contribution in [0.2, 0.25) is 0 Å². The van der Waals surface area contributed by atoms with Crippen LogP contribution in [0.15, 0.2) is 44.3 Å². The average molecular weight is 335 g/mol. The Kier molecular flexibility index (Phi) is 2.85. The number of likely N-dealkylation sites (tertiary alicyclic amines) is 1. The van der Waals surface area contributed by atoms with Gasteiger partial charge < -0.3 is 4.90 Å². The molecule has 0 unspecified atom stereocenters. The third-order valence-corrected chi connectivity index (χ3v) is 5.07. The van der Waals surface area contributed by atoms with Crippen LogP contribution >= 0.6 is 0 Å². The Morgan fingerprint density at radius 1 is 0.957 bits per heavy atom. The number of hydrogen-bond donors (Lipinski definition) is 0. The van der Waals surface area contributed by atoms with Gasteiger partial charge in [0.05, 0.1) is 5.69 Å². The normalized spacial score (nSPS) is 19.0. The summed E-state index contributed by atoms with van der Waals surface area (Å²) in [4.78, 5) is 26.9. The Morgan fingerprint density at radius 2 is 1.61 bits per heavy atom. The van der Waals surface area contributed by atoms with E-state index in [0.717, 1.165) is 22.1 Å². The van der Waals surface area contributed by atoms with E-state index in [1.54, 1.807) is 35.2 Å². The highest BCUT2D eigenvalue weighted by Crippen LogP contribution is 2.15. The smallest absolute Gasteiger partial charge is 0.340 e. The van der Waals surface area contributed by atoms with Crippen LogP contribution in [-0.2, 0) is 10.2 Å². The first kappa shape index (κ1) is 14.0. The van der Waals surface area contributed by atoms with Gasteiger partial charge in [0.2, 0.25) is 5.96 Å². The summed E-state index contributed by atoms with van der Waals surface area (Å²) in [6, 6.07) is 8.21. The molecule has 0 atom stereocenters. The molecule has 2 aliphatic rings. The van der Waals surface area contributed by atoms with Crippen molar-refractivity contribution < 1.29 is 8.42 Å². The molecule has 3 heterocycles. The SMILES string of the molecule is O=c1n(-c2ccccc2)c(=O)n2n1C(N1CCCC1)=NS2(=O)=O. The van der Waals surface area contributed by atoms with Gasteiger partial charge in [-0.15, -0.1) is 9.08 Å². The van der Waals surface area contributed by atoms with Crippen molar-refractivity contribution in [2.24, 2.45) is 4.40 Å². The lowest BCUT2D eigenvalue weighted by Crippen LogP contribution is -2.40. The Labute approximate surface area is 130 Å². The van der Waals surface area contributed by atoms with E-state index in [-0.39, 0.29) is 5.96 Å². The van der Waals surface area contributed by atoms with E-state index in [1.165, 1.54) is 0 Å². The van der Waals surface area contributed by atoms with Gasteiger partial charge in [0.15, 0.2) is 0 Å². The van der Waals surface area contributed by atoms with E-state index in [9.17, 15) is 18.0 Å². The minimum atomic E-state index is -4.24. The number of benzene rings is 1. The fraction of sp³-hybridized carbons (Fsp3) is 0.308. The second-order valence-electron chi connectivity index (χ2n) is 5.35. The third-order valence-electron chi connectivity index (χ3n) is 3.92. The van der Waals surface area contributed by atoms with E-state index in [4.69, 9.17) is 0 Å². The minimum absolute atomic E-state index is 0.000666. The topological polar surface area (TPSA) is 98.7 Å². The summed E-state index contributed by atoms with van der Waals surface area (Å²) in [6.45, 7) is 1.21. The lowest BCUT2D eigenvalue weighted by Gasteiger charge is -2.15. The van der Waals surface area contributed by atoms with Crippen molar-refractivity contribution in [2.45, 2.75) is 12.8 Å². The van der Waals surface area contributed by atoms with Crippen LogP contribution in [0, 0.1) is 0 Å². The van der Waals surface area contributed by atoms with Crippen molar-refractivity contribution in [1.29, 1.82) is 0 Å². The van der Waals surface area contributed by atoms with Crippen LogP contribution in [0.4, 0.5) is 0 Å². The van der Waals surface area contributed by atoms with Crippen molar-refractivity contribution in [3.8, 4) is 5.69 Å². The Bertz CT molecular complexity index is 1020. The number of aromatic nitrogens is 3. The van der Waals surface area contributed by atoms with E-state index < -0.39 is 21.6 Å². The molecule has 120 valence electrons. The molecular formula is C13H13N5O4S. The summed E-state index contributed by atoms with van der Waals surface area (Å²) in [7, 11) is -4.24. The molecule has 4 rings (SSSR count). The predicted octanol–water partition coefficient (Wildman–Crippen LogP) is -0.793. The van der Waals surface area contributed by atoms with Gasteiger partial charge in [-0.2, -0.15) is 8.42 Å². The molecule has 1 aromatic carbocycles. The summed E-state index contributed by atoms with van der Waals surface area (Å²) in [6.07, 6.45) is 1.77. The van der Waals surface area contributed by atoms with Crippen LogP contribution in [0.3, 0.4) is 0 Å². The summed E-state index contributed by atoms with van der Waals surface area (Å²) in [5.74, 6) is -0.000666. The molecule has 1 aromatic heterocycles. The van der Waals surface area contributed by atoms with Gasteiger partial charge in [-0.05, 0) is 25.0 Å². The zero-order valence-electron chi connectivity index (χ0n) is 12.0. The predicted molar refractivity (Wildman–Crippen MR) is 82.2 cm³/mol. The summed E-state index contributed by atoms with van der Waals surface area (Å²) in [5, 5.41) is 0. The molecule has 0 amide bonds. The van der Waals surface area contributed by atoms with Crippen molar-refractivity contribution in [3.05, 3.63) is 51.3 Å². The second kappa shape index (κ2) is 4.69. The molecule has 9 nitrogen and oxygen atoms in total. The van der Waals surface area contributed by atoms with E-state index in [0.29, 0.717) is 22.9 Å². The van der Waals surface area contributed by atoms with Gasteiger partial charge in [0.25, 0.3) is 0 Å².